The molecular weight excluding hydrogens is 326 g/mol. The lowest BCUT2D eigenvalue weighted by atomic mass is 10.2. The summed E-state index contributed by atoms with van der Waals surface area (Å²) in [5.41, 5.74) is 0.536. The average molecular weight is 342 g/mol. The van der Waals surface area contributed by atoms with Gasteiger partial charge >= 0.3 is 0 Å². The molecule has 1 saturated heterocycles. The molecule has 1 heterocycles. The van der Waals surface area contributed by atoms with Gasteiger partial charge < -0.3 is 10.2 Å². The van der Waals surface area contributed by atoms with E-state index in [4.69, 9.17) is 0 Å². The molecular formula is C13H16BrN3O3. The van der Waals surface area contributed by atoms with Crippen LogP contribution in [0.2, 0.25) is 0 Å². The number of nitro groups is 1. The highest BCUT2D eigenvalue weighted by Gasteiger charge is 2.26. The number of nitrogens with zero attached hydrogens (tertiary/aromatic N) is 2. The van der Waals surface area contributed by atoms with E-state index >= 15 is 0 Å². The van der Waals surface area contributed by atoms with E-state index in [1.54, 1.807) is 17.0 Å². The topological polar surface area (TPSA) is 75.5 Å². The van der Waals surface area contributed by atoms with E-state index in [0.29, 0.717) is 25.2 Å². The Labute approximate surface area is 125 Å². The summed E-state index contributed by atoms with van der Waals surface area (Å²) in [6.07, 6.45) is 1.29. The highest BCUT2D eigenvalue weighted by Crippen LogP contribution is 2.29. The maximum absolute atomic E-state index is 11.6. The number of halogens is 1. The first-order valence-electron chi connectivity index (χ1n) is 6.49. The van der Waals surface area contributed by atoms with Crippen LogP contribution in [-0.2, 0) is 4.79 Å². The molecule has 0 bridgehead atoms. The Morgan fingerprint density at radius 3 is 3.00 bits per heavy atom. The second kappa shape index (κ2) is 6.21. The molecule has 108 valence electrons. The molecule has 1 aliphatic rings. The van der Waals surface area contributed by atoms with E-state index < -0.39 is 4.92 Å². The summed E-state index contributed by atoms with van der Waals surface area (Å²) in [5.74, 6) is 0.123. The number of nitrogens with one attached hydrogen (secondary N) is 1. The standard InChI is InChI=1S/C13H16BrN3O3/c1-2-13(18)16-6-5-10(8-16)15-11-7-9(14)3-4-12(11)17(19)20/h3-4,7,10,15H,2,5-6,8H2,1H3. The lowest BCUT2D eigenvalue weighted by Gasteiger charge is -2.17. The minimum absolute atomic E-state index is 0.0495. The van der Waals surface area contributed by atoms with Gasteiger partial charge in [0.15, 0.2) is 0 Å². The zero-order valence-corrected chi connectivity index (χ0v) is 12.7. The van der Waals surface area contributed by atoms with Gasteiger partial charge in [0.1, 0.15) is 5.69 Å². The van der Waals surface area contributed by atoms with E-state index in [1.807, 2.05) is 6.92 Å². The predicted octanol–water partition coefficient (Wildman–Crippen LogP) is 2.78. The van der Waals surface area contributed by atoms with Crippen molar-refractivity contribution in [2.75, 3.05) is 18.4 Å². The quantitative estimate of drug-likeness (QED) is 0.674. The van der Waals surface area contributed by atoms with E-state index in [1.165, 1.54) is 6.07 Å². The van der Waals surface area contributed by atoms with Crippen LogP contribution in [0, 0.1) is 10.1 Å². The summed E-state index contributed by atoms with van der Waals surface area (Å²) in [5, 5.41) is 14.2. The third kappa shape index (κ3) is 3.27. The van der Waals surface area contributed by atoms with Crippen molar-refractivity contribution in [3.63, 3.8) is 0 Å². The highest BCUT2D eigenvalue weighted by atomic mass is 79.9. The van der Waals surface area contributed by atoms with Crippen LogP contribution in [0.4, 0.5) is 11.4 Å². The monoisotopic (exact) mass is 341 g/mol. The molecule has 1 atom stereocenters. The van der Waals surface area contributed by atoms with E-state index in [2.05, 4.69) is 21.2 Å². The molecule has 6 nitrogen and oxygen atoms in total. The fourth-order valence-corrected chi connectivity index (χ4v) is 2.69. The predicted molar refractivity (Wildman–Crippen MR) is 79.7 cm³/mol. The molecule has 0 aliphatic carbocycles. The van der Waals surface area contributed by atoms with Crippen molar-refractivity contribution >= 4 is 33.2 Å². The smallest absolute Gasteiger partial charge is 0.292 e. The van der Waals surface area contributed by atoms with Crippen molar-refractivity contribution in [2.45, 2.75) is 25.8 Å². The van der Waals surface area contributed by atoms with Crippen LogP contribution in [0.15, 0.2) is 22.7 Å². The molecule has 1 unspecified atom stereocenters. The number of nitro benzene ring substituents is 1. The Kier molecular flexibility index (Phi) is 4.59. The highest BCUT2D eigenvalue weighted by molar-refractivity contribution is 9.10. The lowest BCUT2D eigenvalue weighted by molar-refractivity contribution is -0.384. The number of rotatable bonds is 4. The van der Waals surface area contributed by atoms with Gasteiger partial charge in [0, 0.05) is 36.1 Å². The molecule has 7 heteroatoms. The van der Waals surface area contributed by atoms with Crippen molar-refractivity contribution in [1.29, 1.82) is 0 Å². The van der Waals surface area contributed by atoms with E-state index in [-0.39, 0.29) is 17.6 Å². The lowest BCUT2D eigenvalue weighted by Crippen LogP contribution is -2.31. The zero-order chi connectivity index (χ0) is 14.7. The number of hydrogen-bond acceptors (Lipinski definition) is 4. The van der Waals surface area contributed by atoms with Crippen LogP contribution < -0.4 is 5.32 Å². The molecule has 1 aliphatic heterocycles. The largest absolute Gasteiger partial charge is 0.375 e. The fraction of sp³-hybridized carbons (Fsp3) is 0.462. The normalized spacial score (nSPS) is 18.1. The first kappa shape index (κ1) is 14.8. The minimum Gasteiger partial charge on any atom is -0.375 e. The fourth-order valence-electron chi connectivity index (χ4n) is 2.33. The number of amides is 1. The summed E-state index contributed by atoms with van der Waals surface area (Å²) in [6.45, 7) is 3.13. The maximum Gasteiger partial charge on any atom is 0.292 e. The van der Waals surface area contributed by atoms with Gasteiger partial charge in [0.2, 0.25) is 5.91 Å². The molecule has 0 spiro atoms. The van der Waals surface area contributed by atoms with Crippen LogP contribution in [0.3, 0.4) is 0 Å². The Morgan fingerprint density at radius 2 is 2.35 bits per heavy atom. The summed E-state index contributed by atoms with van der Waals surface area (Å²) < 4.78 is 0.782. The third-order valence-corrected chi connectivity index (χ3v) is 3.85. The molecule has 1 N–H and O–H groups in total. The van der Waals surface area contributed by atoms with Gasteiger partial charge in [0.05, 0.1) is 4.92 Å². The molecule has 1 amide bonds. The van der Waals surface area contributed by atoms with Crippen molar-refractivity contribution in [1.82, 2.24) is 4.90 Å². The molecule has 0 saturated carbocycles. The van der Waals surface area contributed by atoms with Gasteiger partial charge in [-0.3, -0.25) is 14.9 Å². The molecule has 2 rings (SSSR count). The second-order valence-corrected chi connectivity index (χ2v) is 5.66. The van der Waals surface area contributed by atoms with E-state index in [9.17, 15) is 14.9 Å². The summed E-state index contributed by atoms with van der Waals surface area (Å²) >= 11 is 3.31. The summed E-state index contributed by atoms with van der Waals surface area (Å²) in [6, 6.07) is 4.86. The van der Waals surface area contributed by atoms with Crippen LogP contribution in [0.5, 0.6) is 0 Å². The molecule has 1 aromatic rings. The van der Waals surface area contributed by atoms with Crippen LogP contribution in [0.25, 0.3) is 0 Å². The Hall–Kier alpha value is -1.63. The Morgan fingerprint density at radius 1 is 1.60 bits per heavy atom. The number of carbonyl (C=O) groups is 1. The van der Waals surface area contributed by atoms with Gasteiger partial charge in [-0.15, -0.1) is 0 Å². The molecule has 0 radical (unpaired) electrons. The second-order valence-electron chi connectivity index (χ2n) is 4.74. The summed E-state index contributed by atoms with van der Waals surface area (Å²) in [7, 11) is 0. The Balaban J connectivity index is 2.09. The number of benzene rings is 1. The third-order valence-electron chi connectivity index (χ3n) is 3.36. The first-order valence-corrected chi connectivity index (χ1v) is 7.28. The van der Waals surface area contributed by atoms with Gasteiger partial charge in [-0.1, -0.05) is 22.9 Å². The Bertz CT molecular complexity index is 536. The van der Waals surface area contributed by atoms with Gasteiger partial charge in [-0.2, -0.15) is 0 Å². The van der Waals surface area contributed by atoms with E-state index in [0.717, 1.165) is 10.9 Å². The zero-order valence-electron chi connectivity index (χ0n) is 11.1. The van der Waals surface area contributed by atoms with Crippen LogP contribution >= 0.6 is 15.9 Å². The minimum atomic E-state index is -0.404. The molecule has 1 aromatic carbocycles. The van der Waals surface area contributed by atoms with Gasteiger partial charge in [-0.05, 0) is 18.6 Å². The number of likely N-dealkylation sites (tertiary alicyclic amines) is 1. The van der Waals surface area contributed by atoms with Crippen molar-refractivity contribution in [2.24, 2.45) is 0 Å². The number of carbonyl (C=O) groups excluding carboxylic acids is 1. The van der Waals surface area contributed by atoms with Crippen LogP contribution in [0.1, 0.15) is 19.8 Å². The summed E-state index contributed by atoms with van der Waals surface area (Å²) in [4.78, 5) is 24.0. The molecule has 20 heavy (non-hydrogen) atoms. The van der Waals surface area contributed by atoms with Crippen LogP contribution in [-0.4, -0.2) is 34.9 Å². The van der Waals surface area contributed by atoms with Crippen molar-refractivity contribution in [3.8, 4) is 0 Å². The van der Waals surface area contributed by atoms with Crippen molar-refractivity contribution in [3.05, 3.63) is 32.8 Å². The number of hydrogen-bond donors (Lipinski definition) is 1. The number of anilines is 1. The maximum atomic E-state index is 11.6. The SMILES string of the molecule is CCC(=O)N1CCC(Nc2cc(Br)ccc2[N+](=O)[O-])C1. The molecule has 1 fully saturated rings. The first-order chi connectivity index (χ1) is 9.51. The van der Waals surface area contributed by atoms with Gasteiger partial charge in [-0.25, -0.2) is 0 Å². The van der Waals surface area contributed by atoms with Gasteiger partial charge in [0.25, 0.3) is 5.69 Å². The molecule has 0 aromatic heterocycles. The van der Waals surface area contributed by atoms with Crippen molar-refractivity contribution < 1.29 is 9.72 Å². The average Bonchev–Trinajstić information content (AvgIpc) is 2.86.